The average molecular weight is 329 g/mol. The van der Waals surface area contributed by atoms with E-state index < -0.39 is 0 Å². The van der Waals surface area contributed by atoms with Crippen molar-refractivity contribution in [2.45, 2.75) is 0 Å². The largest absolute Gasteiger partial charge is 0.192 e. The second kappa shape index (κ2) is 4.95. The Kier molecular flexibility index (Phi) is 3.63. The maximum Gasteiger partial charge on any atom is 0.102 e. The van der Waals surface area contributed by atoms with Crippen molar-refractivity contribution in [1.82, 2.24) is 0 Å². The van der Waals surface area contributed by atoms with Gasteiger partial charge in [-0.15, -0.1) is 0 Å². The Morgan fingerprint density at radius 3 is 1.00 bits per heavy atom. The first-order chi connectivity index (χ1) is 8.15. The van der Waals surface area contributed by atoms with Crippen LogP contribution in [-0.4, -0.2) is 0 Å². The molecular weight excluding hydrogens is 329 g/mol. The van der Waals surface area contributed by atoms with Crippen LogP contribution in [0.3, 0.4) is 0 Å². The van der Waals surface area contributed by atoms with Crippen molar-refractivity contribution in [1.29, 1.82) is 26.3 Å². The molecule has 0 aliphatic carbocycles. The fourth-order valence-electron chi connectivity index (χ4n) is 1.26. The van der Waals surface area contributed by atoms with E-state index in [1.54, 1.807) is 52.9 Å². The number of nitrogens with zero attached hydrogens (tertiary/aromatic N) is 5. The number of benzene rings is 1. The Labute approximate surface area is 110 Å². The molecule has 1 aromatic rings. The third-order valence-electron chi connectivity index (χ3n) is 2.00. The molecule has 6 heteroatoms. The molecule has 0 aliphatic heterocycles. The van der Waals surface area contributed by atoms with Gasteiger partial charge in [0.1, 0.15) is 30.3 Å². The SMILES string of the molecule is N#Cc1c(I)c(C#N)c(C#N)c(C#N)c1C#N. The highest BCUT2D eigenvalue weighted by Gasteiger charge is 2.22. The number of hydrogen-bond donors (Lipinski definition) is 0. The predicted molar refractivity (Wildman–Crippen MR) is 62.7 cm³/mol. The standard InChI is InChI=1S/C11IN5/c12-11-9(4-16)7(2-14)6(1-13)8(3-15)10(11)5-17. The van der Waals surface area contributed by atoms with Crippen molar-refractivity contribution in [2.24, 2.45) is 0 Å². The van der Waals surface area contributed by atoms with Gasteiger partial charge in [-0.25, -0.2) is 0 Å². The fourth-order valence-corrected chi connectivity index (χ4v) is 2.05. The maximum atomic E-state index is 8.93. The molecule has 0 atom stereocenters. The van der Waals surface area contributed by atoms with Crippen LogP contribution in [0.4, 0.5) is 0 Å². The van der Waals surface area contributed by atoms with Crippen molar-refractivity contribution in [2.75, 3.05) is 0 Å². The van der Waals surface area contributed by atoms with Gasteiger partial charge in [0.15, 0.2) is 0 Å². The van der Waals surface area contributed by atoms with E-state index >= 15 is 0 Å². The molecule has 0 aromatic heterocycles. The lowest BCUT2D eigenvalue weighted by Crippen LogP contribution is -2.02. The molecule has 1 rings (SSSR count). The zero-order valence-electron chi connectivity index (χ0n) is 8.11. The molecule has 1 aromatic carbocycles. The molecule has 0 fully saturated rings. The molecule has 0 saturated heterocycles. The summed E-state index contributed by atoms with van der Waals surface area (Å²) in [5.41, 5.74) is -0.617. The highest BCUT2D eigenvalue weighted by molar-refractivity contribution is 14.1. The zero-order chi connectivity index (χ0) is 13.0. The first kappa shape index (κ1) is 12.5. The lowest BCUT2D eigenvalue weighted by Gasteiger charge is -2.05. The molecule has 0 N–H and O–H groups in total. The third-order valence-corrected chi connectivity index (χ3v) is 3.08. The van der Waals surface area contributed by atoms with Crippen LogP contribution in [0.2, 0.25) is 0 Å². The van der Waals surface area contributed by atoms with Crippen LogP contribution in [0.25, 0.3) is 0 Å². The van der Waals surface area contributed by atoms with Crippen LogP contribution in [0, 0.1) is 60.2 Å². The van der Waals surface area contributed by atoms with Gasteiger partial charge in [-0.1, -0.05) is 0 Å². The van der Waals surface area contributed by atoms with Crippen molar-refractivity contribution in [3.63, 3.8) is 0 Å². The van der Waals surface area contributed by atoms with Crippen molar-refractivity contribution < 1.29 is 0 Å². The van der Waals surface area contributed by atoms with Crippen molar-refractivity contribution in [3.8, 4) is 30.3 Å². The topological polar surface area (TPSA) is 119 Å². The van der Waals surface area contributed by atoms with Crippen molar-refractivity contribution in [3.05, 3.63) is 31.4 Å². The highest BCUT2D eigenvalue weighted by Crippen LogP contribution is 2.27. The Bertz CT molecular complexity index is 660. The summed E-state index contributed by atoms with van der Waals surface area (Å²) in [6, 6.07) is 8.69. The number of hydrogen-bond acceptors (Lipinski definition) is 5. The van der Waals surface area contributed by atoms with Crippen LogP contribution in [0.1, 0.15) is 27.8 Å². The summed E-state index contributed by atoms with van der Waals surface area (Å²) >= 11 is 1.72. The summed E-state index contributed by atoms with van der Waals surface area (Å²) in [6.45, 7) is 0. The van der Waals surface area contributed by atoms with Gasteiger partial charge < -0.3 is 0 Å². The second-order valence-corrected chi connectivity index (χ2v) is 3.83. The first-order valence-corrected chi connectivity index (χ1v) is 5.14. The highest BCUT2D eigenvalue weighted by atomic mass is 127. The smallest absolute Gasteiger partial charge is 0.102 e. The van der Waals surface area contributed by atoms with Crippen molar-refractivity contribution >= 4 is 22.6 Å². The molecule has 5 nitrogen and oxygen atoms in total. The minimum absolute atomic E-state index is 0.0415. The van der Waals surface area contributed by atoms with Gasteiger partial charge in [-0.2, -0.15) is 26.3 Å². The van der Waals surface area contributed by atoms with Gasteiger partial charge in [-0.05, 0) is 22.6 Å². The summed E-state index contributed by atoms with van der Waals surface area (Å²) in [4.78, 5) is 0. The second-order valence-electron chi connectivity index (χ2n) is 2.75. The molecule has 17 heavy (non-hydrogen) atoms. The van der Waals surface area contributed by atoms with E-state index in [4.69, 9.17) is 26.3 Å². The van der Waals surface area contributed by atoms with Crippen LogP contribution in [0.15, 0.2) is 0 Å². The third kappa shape index (κ3) is 1.77. The number of rotatable bonds is 0. The first-order valence-electron chi connectivity index (χ1n) is 4.06. The van der Waals surface area contributed by atoms with Crippen LogP contribution in [-0.2, 0) is 0 Å². The minimum atomic E-state index is -0.219. The average Bonchev–Trinajstić information content (AvgIpc) is 2.36. The molecule has 0 unspecified atom stereocenters. The van der Waals surface area contributed by atoms with Gasteiger partial charge in [0.2, 0.25) is 0 Å². The van der Waals surface area contributed by atoms with E-state index in [2.05, 4.69) is 0 Å². The summed E-state index contributed by atoms with van der Waals surface area (Å²) in [5.74, 6) is 0. The molecule has 0 aliphatic rings. The van der Waals surface area contributed by atoms with Gasteiger partial charge in [0, 0.05) is 0 Å². The van der Waals surface area contributed by atoms with E-state index in [0.29, 0.717) is 0 Å². The Hall–Kier alpha value is -2.60. The maximum absolute atomic E-state index is 8.93. The Morgan fingerprint density at radius 1 is 0.529 bits per heavy atom. The molecule has 0 radical (unpaired) electrons. The monoisotopic (exact) mass is 329 g/mol. The van der Waals surface area contributed by atoms with Gasteiger partial charge in [0.05, 0.1) is 31.4 Å². The molecule has 0 heterocycles. The molecule has 0 saturated carbocycles. The Morgan fingerprint density at radius 2 is 0.765 bits per heavy atom. The van der Waals surface area contributed by atoms with Gasteiger partial charge in [0.25, 0.3) is 0 Å². The summed E-state index contributed by atoms with van der Waals surface area (Å²) < 4.78 is 0.222. The lowest BCUT2D eigenvalue weighted by atomic mass is 9.94. The minimum Gasteiger partial charge on any atom is -0.192 e. The molecule has 76 valence electrons. The van der Waals surface area contributed by atoms with Crippen LogP contribution in [0.5, 0.6) is 0 Å². The Balaban J connectivity index is 4.10. The van der Waals surface area contributed by atoms with E-state index in [0.717, 1.165) is 0 Å². The molecule has 0 amide bonds. The van der Waals surface area contributed by atoms with E-state index in [1.807, 2.05) is 0 Å². The number of nitriles is 5. The van der Waals surface area contributed by atoms with E-state index in [1.165, 1.54) is 0 Å². The van der Waals surface area contributed by atoms with Crippen LogP contribution >= 0.6 is 22.6 Å². The van der Waals surface area contributed by atoms with E-state index in [-0.39, 0.29) is 31.4 Å². The zero-order valence-corrected chi connectivity index (χ0v) is 10.3. The van der Waals surface area contributed by atoms with E-state index in [9.17, 15) is 0 Å². The van der Waals surface area contributed by atoms with Gasteiger partial charge >= 0.3 is 0 Å². The molecule has 0 bridgehead atoms. The quantitative estimate of drug-likeness (QED) is 0.670. The predicted octanol–water partition coefficient (Wildman–Crippen LogP) is 1.65. The van der Waals surface area contributed by atoms with Gasteiger partial charge in [-0.3, -0.25) is 0 Å². The summed E-state index contributed by atoms with van der Waals surface area (Å²) in [6.07, 6.45) is 0. The molecule has 0 spiro atoms. The summed E-state index contributed by atoms with van der Waals surface area (Å²) in [5, 5.41) is 44.6. The number of halogens is 1. The lowest BCUT2D eigenvalue weighted by molar-refractivity contribution is 1.32. The summed E-state index contributed by atoms with van der Waals surface area (Å²) in [7, 11) is 0. The molecular formula is C11IN5. The fraction of sp³-hybridized carbons (Fsp3) is 0. The van der Waals surface area contributed by atoms with Crippen LogP contribution < -0.4 is 0 Å². The normalized spacial score (nSPS) is 8.00.